The number of aldehydes is 1. The van der Waals surface area contributed by atoms with Gasteiger partial charge in [-0.1, -0.05) is 23.7 Å². The Bertz CT molecular complexity index is 977. The van der Waals surface area contributed by atoms with Gasteiger partial charge in [-0.2, -0.15) is 0 Å². The zero-order valence-electron chi connectivity index (χ0n) is 14.0. The molecule has 3 N–H and O–H groups in total. The molecular weight excluding hydrogens is 368 g/mol. The number of carbonyl (C=O) groups is 2. The van der Waals surface area contributed by atoms with Gasteiger partial charge < -0.3 is 19.9 Å². The SMILES string of the molecule is O=Cc1cc(C(=O)NCc2c(Cl)cccc2-n2ccnc2)ccc1B(O)O. The van der Waals surface area contributed by atoms with E-state index >= 15 is 0 Å². The maximum atomic E-state index is 12.5. The Morgan fingerprint density at radius 1 is 1.30 bits per heavy atom. The topological polar surface area (TPSA) is 104 Å². The molecule has 0 bridgehead atoms. The summed E-state index contributed by atoms with van der Waals surface area (Å²) in [4.78, 5) is 27.6. The molecule has 0 fully saturated rings. The van der Waals surface area contributed by atoms with Gasteiger partial charge in [0.15, 0.2) is 0 Å². The molecule has 0 aliphatic heterocycles. The van der Waals surface area contributed by atoms with Crippen LogP contribution in [-0.2, 0) is 6.54 Å². The van der Waals surface area contributed by atoms with Crippen LogP contribution in [0.3, 0.4) is 0 Å². The Morgan fingerprint density at radius 3 is 2.78 bits per heavy atom. The molecule has 0 saturated carbocycles. The van der Waals surface area contributed by atoms with E-state index in [1.165, 1.54) is 18.2 Å². The van der Waals surface area contributed by atoms with E-state index in [-0.39, 0.29) is 23.1 Å². The number of benzene rings is 2. The highest BCUT2D eigenvalue weighted by Gasteiger charge is 2.18. The number of amides is 1. The molecule has 27 heavy (non-hydrogen) atoms. The minimum atomic E-state index is -1.79. The highest BCUT2D eigenvalue weighted by Crippen LogP contribution is 2.23. The normalized spacial score (nSPS) is 10.5. The van der Waals surface area contributed by atoms with Crippen molar-refractivity contribution in [2.24, 2.45) is 0 Å². The van der Waals surface area contributed by atoms with Gasteiger partial charge in [-0.25, -0.2) is 4.98 Å². The van der Waals surface area contributed by atoms with Gasteiger partial charge in [0.25, 0.3) is 5.91 Å². The van der Waals surface area contributed by atoms with Crippen molar-refractivity contribution in [3.05, 3.63) is 76.8 Å². The molecule has 0 unspecified atom stereocenters. The standard InChI is InChI=1S/C18H15BClN3O4/c20-16-2-1-3-17(23-7-6-21-11-23)14(16)9-22-18(25)12-4-5-15(19(26)27)13(8-12)10-24/h1-8,10-11,26-27H,9H2,(H,22,25). The predicted octanol–water partition coefficient (Wildman–Crippen LogP) is 0.948. The minimum Gasteiger partial charge on any atom is -0.423 e. The summed E-state index contributed by atoms with van der Waals surface area (Å²) in [6.07, 6.45) is 5.51. The summed E-state index contributed by atoms with van der Waals surface area (Å²) in [6, 6.07) is 9.44. The van der Waals surface area contributed by atoms with Gasteiger partial charge in [0.1, 0.15) is 6.29 Å². The van der Waals surface area contributed by atoms with Crippen molar-refractivity contribution in [1.82, 2.24) is 14.9 Å². The Kier molecular flexibility index (Phi) is 5.70. The van der Waals surface area contributed by atoms with Crippen LogP contribution in [0.25, 0.3) is 5.69 Å². The van der Waals surface area contributed by atoms with E-state index in [2.05, 4.69) is 10.3 Å². The van der Waals surface area contributed by atoms with Crippen molar-refractivity contribution < 1.29 is 19.6 Å². The quantitative estimate of drug-likeness (QED) is 0.434. The average molecular weight is 384 g/mol. The van der Waals surface area contributed by atoms with E-state index < -0.39 is 13.0 Å². The molecule has 0 radical (unpaired) electrons. The van der Waals surface area contributed by atoms with Crippen LogP contribution in [0.15, 0.2) is 55.1 Å². The highest BCUT2D eigenvalue weighted by molar-refractivity contribution is 6.60. The first-order chi connectivity index (χ1) is 13.0. The summed E-state index contributed by atoms with van der Waals surface area (Å²) in [7, 11) is -1.79. The first-order valence-corrected chi connectivity index (χ1v) is 8.38. The van der Waals surface area contributed by atoms with E-state index in [4.69, 9.17) is 11.6 Å². The van der Waals surface area contributed by atoms with E-state index in [9.17, 15) is 19.6 Å². The van der Waals surface area contributed by atoms with Gasteiger partial charge in [0.2, 0.25) is 0 Å². The number of rotatable bonds is 6. The summed E-state index contributed by atoms with van der Waals surface area (Å²) < 4.78 is 1.79. The maximum Gasteiger partial charge on any atom is 0.489 e. The molecule has 0 atom stereocenters. The van der Waals surface area contributed by atoms with Crippen molar-refractivity contribution in [3.63, 3.8) is 0 Å². The Labute approximate surface area is 160 Å². The minimum absolute atomic E-state index is 0.0366. The van der Waals surface area contributed by atoms with Crippen LogP contribution in [-0.4, -0.2) is 38.9 Å². The average Bonchev–Trinajstić information content (AvgIpc) is 3.20. The molecule has 9 heteroatoms. The van der Waals surface area contributed by atoms with Gasteiger partial charge in [0.05, 0.1) is 12.0 Å². The largest absolute Gasteiger partial charge is 0.489 e. The van der Waals surface area contributed by atoms with Gasteiger partial charge in [-0.3, -0.25) is 9.59 Å². The zero-order chi connectivity index (χ0) is 19.4. The molecule has 2 aromatic carbocycles. The van der Waals surface area contributed by atoms with Gasteiger partial charge in [-0.05, 0) is 29.7 Å². The molecule has 1 aromatic heterocycles. The number of nitrogens with one attached hydrogen (secondary N) is 1. The molecule has 3 aromatic rings. The Balaban J connectivity index is 1.82. The maximum absolute atomic E-state index is 12.5. The summed E-state index contributed by atoms with van der Waals surface area (Å²) in [5.74, 6) is -0.423. The lowest BCUT2D eigenvalue weighted by Gasteiger charge is -2.13. The monoisotopic (exact) mass is 383 g/mol. The molecule has 0 saturated heterocycles. The van der Waals surface area contributed by atoms with Crippen molar-refractivity contribution in [2.75, 3.05) is 0 Å². The molecule has 1 heterocycles. The van der Waals surface area contributed by atoms with Crippen molar-refractivity contribution in [3.8, 4) is 5.69 Å². The summed E-state index contributed by atoms with van der Waals surface area (Å²) >= 11 is 6.29. The molecule has 3 rings (SSSR count). The lowest BCUT2D eigenvalue weighted by Crippen LogP contribution is -2.34. The zero-order valence-corrected chi connectivity index (χ0v) is 14.8. The summed E-state index contributed by atoms with van der Waals surface area (Å²) in [5.41, 5.74) is 1.79. The second-order valence-electron chi connectivity index (χ2n) is 5.73. The molecule has 7 nitrogen and oxygen atoms in total. The number of halogens is 1. The fourth-order valence-corrected chi connectivity index (χ4v) is 2.93. The van der Waals surface area contributed by atoms with Crippen molar-refractivity contribution in [2.45, 2.75) is 6.54 Å². The van der Waals surface area contributed by atoms with Crippen LogP contribution >= 0.6 is 11.6 Å². The fourth-order valence-electron chi connectivity index (χ4n) is 2.69. The summed E-state index contributed by atoms with van der Waals surface area (Å²) in [6.45, 7) is 0.160. The number of nitrogens with zero attached hydrogens (tertiary/aromatic N) is 2. The van der Waals surface area contributed by atoms with Crippen LogP contribution in [0.2, 0.25) is 5.02 Å². The number of imidazole rings is 1. The first-order valence-electron chi connectivity index (χ1n) is 8.00. The fraction of sp³-hybridized carbons (Fsp3) is 0.0556. The van der Waals surface area contributed by atoms with E-state index in [1.54, 1.807) is 35.4 Å². The van der Waals surface area contributed by atoms with Gasteiger partial charge in [-0.15, -0.1) is 0 Å². The molecule has 1 amide bonds. The number of hydrogen-bond donors (Lipinski definition) is 3. The van der Waals surface area contributed by atoms with Crippen LogP contribution < -0.4 is 10.8 Å². The second kappa shape index (κ2) is 8.17. The number of aromatic nitrogens is 2. The van der Waals surface area contributed by atoms with Crippen LogP contribution in [0, 0.1) is 0 Å². The third-order valence-electron chi connectivity index (χ3n) is 4.06. The van der Waals surface area contributed by atoms with E-state index in [1.807, 2.05) is 6.07 Å². The molecule has 0 aliphatic carbocycles. The lowest BCUT2D eigenvalue weighted by molar-refractivity contribution is 0.0951. The lowest BCUT2D eigenvalue weighted by atomic mass is 9.77. The predicted molar refractivity (Wildman–Crippen MR) is 101 cm³/mol. The number of carbonyl (C=O) groups excluding carboxylic acids is 2. The molecule has 136 valence electrons. The Morgan fingerprint density at radius 2 is 2.11 bits per heavy atom. The van der Waals surface area contributed by atoms with Crippen molar-refractivity contribution >= 4 is 36.4 Å². The molecule has 0 spiro atoms. The van der Waals surface area contributed by atoms with Crippen LogP contribution in [0.1, 0.15) is 26.3 Å². The molecule has 0 aliphatic rings. The third-order valence-corrected chi connectivity index (χ3v) is 4.41. The smallest absolute Gasteiger partial charge is 0.423 e. The molecular formula is C18H15BClN3O4. The van der Waals surface area contributed by atoms with Crippen LogP contribution in [0.5, 0.6) is 0 Å². The van der Waals surface area contributed by atoms with Crippen LogP contribution in [0.4, 0.5) is 0 Å². The third kappa shape index (κ3) is 4.08. The van der Waals surface area contributed by atoms with Gasteiger partial charge in [0, 0.05) is 40.7 Å². The summed E-state index contributed by atoms with van der Waals surface area (Å²) in [5, 5.41) is 21.7. The Hall–Kier alpha value is -2.94. The van der Waals surface area contributed by atoms with Crippen molar-refractivity contribution in [1.29, 1.82) is 0 Å². The van der Waals surface area contributed by atoms with E-state index in [0.717, 1.165) is 5.69 Å². The highest BCUT2D eigenvalue weighted by atomic mass is 35.5. The van der Waals surface area contributed by atoms with Gasteiger partial charge >= 0.3 is 7.12 Å². The first kappa shape index (κ1) is 18.8. The second-order valence-corrected chi connectivity index (χ2v) is 6.13. The van der Waals surface area contributed by atoms with E-state index in [0.29, 0.717) is 16.9 Å². The number of hydrogen-bond acceptors (Lipinski definition) is 5.